The van der Waals surface area contributed by atoms with Crippen LogP contribution in [0.15, 0.2) is 64.8 Å². The van der Waals surface area contributed by atoms with Crippen molar-refractivity contribution in [2.75, 3.05) is 0 Å². The molecule has 1 saturated heterocycles. The van der Waals surface area contributed by atoms with E-state index in [0.29, 0.717) is 11.6 Å². The van der Waals surface area contributed by atoms with Crippen molar-refractivity contribution in [3.8, 4) is 5.75 Å². The number of thioether (sulfide) groups is 1. The fourth-order valence-electron chi connectivity index (χ4n) is 2.12. The van der Waals surface area contributed by atoms with Crippen LogP contribution >= 0.6 is 11.8 Å². The van der Waals surface area contributed by atoms with Gasteiger partial charge in [-0.15, -0.1) is 5.10 Å². The number of nitrogens with one attached hydrogen (secondary N) is 1. The topological polar surface area (TPSA) is 74.0 Å². The standard InChI is InChI=1S/C17H15N3O2S/c21-14-8-6-13(7-9-14)11-18-20-17-19-16(22)15(23-17)10-12-4-2-1-3-5-12/h1-9,11,15,21H,10H2,(H,19,20,22)/b18-11-/t15-/m0/s1. The fourth-order valence-corrected chi connectivity index (χ4v) is 3.09. The van der Waals surface area contributed by atoms with Crippen LogP contribution < -0.4 is 5.32 Å². The summed E-state index contributed by atoms with van der Waals surface area (Å²) in [5.74, 6) is 0.160. The van der Waals surface area contributed by atoms with Crippen LogP contribution in [0.2, 0.25) is 0 Å². The van der Waals surface area contributed by atoms with E-state index in [-0.39, 0.29) is 16.9 Å². The normalized spacial score (nSPS) is 19.4. The Morgan fingerprint density at radius 2 is 1.87 bits per heavy atom. The molecular weight excluding hydrogens is 310 g/mol. The zero-order valence-electron chi connectivity index (χ0n) is 12.2. The van der Waals surface area contributed by atoms with Gasteiger partial charge in [0.1, 0.15) is 5.75 Å². The van der Waals surface area contributed by atoms with Crippen LogP contribution in [-0.2, 0) is 11.2 Å². The minimum absolute atomic E-state index is 0.0440. The van der Waals surface area contributed by atoms with Crippen LogP contribution in [0, 0.1) is 0 Å². The highest BCUT2D eigenvalue weighted by Gasteiger charge is 2.30. The van der Waals surface area contributed by atoms with Gasteiger partial charge in [0.25, 0.3) is 0 Å². The second-order valence-corrected chi connectivity index (χ2v) is 6.22. The molecule has 2 aromatic carbocycles. The van der Waals surface area contributed by atoms with E-state index >= 15 is 0 Å². The van der Waals surface area contributed by atoms with Crippen molar-refractivity contribution in [3.63, 3.8) is 0 Å². The maximum absolute atomic E-state index is 12.0. The van der Waals surface area contributed by atoms with Crippen LogP contribution in [0.3, 0.4) is 0 Å². The number of carbonyl (C=O) groups is 1. The van der Waals surface area contributed by atoms with Crippen LogP contribution in [0.4, 0.5) is 0 Å². The highest BCUT2D eigenvalue weighted by Crippen LogP contribution is 2.23. The fraction of sp³-hybridized carbons (Fsp3) is 0.118. The molecule has 0 unspecified atom stereocenters. The Balaban J connectivity index is 1.61. The number of rotatable bonds is 4. The van der Waals surface area contributed by atoms with E-state index in [0.717, 1.165) is 11.1 Å². The zero-order chi connectivity index (χ0) is 16.1. The lowest BCUT2D eigenvalue weighted by atomic mass is 10.1. The molecule has 116 valence electrons. The van der Waals surface area contributed by atoms with E-state index in [4.69, 9.17) is 0 Å². The highest BCUT2D eigenvalue weighted by molar-refractivity contribution is 8.15. The van der Waals surface area contributed by atoms with E-state index in [2.05, 4.69) is 15.5 Å². The Bertz CT molecular complexity index is 742. The molecule has 0 aromatic heterocycles. The number of benzene rings is 2. The van der Waals surface area contributed by atoms with Crippen LogP contribution in [0.1, 0.15) is 11.1 Å². The quantitative estimate of drug-likeness (QED) is 0.670. The molecule has 3 rings (SSSR count). The van der Waals surface area contributed by atoms with E-state index in [9.17, 15) is 9.90 Å². The first kappa shape index (κ1) is 15.3. The Hall–Kier alpha value is -2.60. The summed E-state index contributed by atoms with van der Waals surface area (Å²) >= 11 is 1.39. The SMILES string of the molecule is O=C1NC(=N/N=C\c2ccc(O)cc2)S[C@H]1Cc1ccccc1. The molecule has 0 radical (unpaired) electrons. The Kier molecular flexibility index (Phi) is 4.73. The number of carbonyl (C=O) groups excluding carboxylic acids is 1. The number of phenols is 1. The molecule has 2 aromatic rings. The van der Waals surface area contributed by atoms with E-state index in [1.54, 1.807) is 30.5 Å². The maximum atomic E-state index is 12.0. The summed E-state index contributed by atoms with van der Waals surface area (Å²) in [4.78, 5) is 12.0. The van der Waals surface area contributed by atoms with Gasteiger partial charge in [0.2, 0.25) is 5.91 Å². The molecule has 1 amide bonds. The van der Waals surface area contributed by atoms with Crippen molar-refractivity contribution >= 4 is 29.1 Å². The minimum Gasteiger partial charge on any atom is -0.508 e. The average Bonchev–Trinajstić information content (AvgIpc) is 2.90. The largest absolute Gasteiger partial charge is 0.508 e. The summed E-state index contributed by atoms with van der Waals surface area (Å²) in [5.41, 5.74) is 1.94. The van der Waals surface area contributed by atoms with Crippen LogP contribution in [0.5, 0.6) is 5.75 Å². The summed E-state index contributed by atoms with van der Waals surface area (Å²) < 4.78 is 0. The molecule has 5 nitrogen and oxygen atoms in total. The number of amidine groups is 1. The van der Waals surface area contributed by atoms with Crippen molar-refractivity contribution in [2.45, 2.75) is 11.7 Å². The Morgan fingerprint density at radius 3 is 2.61 bits per heavy atom. The highest BCUT2D eigenvalue weighted by atomic mass is 32.2. The lowest BCUT2D eigenvalue weighted by molar-refractivity contribution is -0.118. The monoisotopic (exact) mass is 325 g/mol. The number of hydrogen-bond donors (Lipinski definition) is 2. The van der Waals surface area contributed by atoms with Crippen molar-refractivity contribution in [3.05, 3.63) is 65.7 Å². The molecule has 1 aliphatic heterocycles. The van der Waals surface area contributed by atoms with Gasteiger partial charge in [-0.2, -0.15) is 5.10 Å². The van der Waals surface area contributed by atoms with Crippen molar-refractivity contribution in [1.82, 2.24) is 5.32 Å². The summed E-state index contributed by atoms with van der Waals surface area (Å²) in [6.07, 6.45) is 2.24. The van der Waals surface area contributed by atoms with E-state index < -0.39 is 0 Å². The van der Waals surface area contributed by atoms with Gasteiger partial charge >= 0.3 is 0 Å². The molecule has 6 heteroatoms. The minimum atomic E-state index is -0.181. The van der Waals surface area contributed by atoms with Gasteiger partial charge in [0, 0.05) is 0 Å². The average molecular weight is 325 g/mol. The lowest BCUT2D eigenvalue weighted by Crippen LogP contribution is -2.25. The molecule has 0 aliphatic carbocycles. The molecule has 0 saturated carbocycles. The molecule has 0 bridgehead atoms. The number of nitrogens with zero attached hydrogens (tertiary/aromatic N) is 2. The summed E-state index contributed by atoms with van der Waals surface area (Å²) in [6.45, 7) is 0. The van der Waals surface area contributed by atoms with E-state index in [1.165, 1.54) is 11.8 Å². The van der Waals surface area contributed by atoms with Crippen molar-refractivity contribution < 1.29 is 9.90 Å². The Morgan fingerprint density at radius 1 is 1.13 bits per heavy atom. The first-order valence-corrected chi connectivity index (χ1v) is 8.00. The molecular formula is C17H15N3O2S. The van der Waals surface area contributed by atoms with Crippen LogP contribution in [0.25, 0.3) is 0 Å². The van der Waals surface area contributed by atoms with E-state index in [1.807, 2.05) is 30.3 Å². The van der Waals surface area contributed by atoms with Gasteiger partial charge in [-0.1, -0.05) is 42.1 Å². The molecule has 1 fully saturated rings. The lowest BCUT2D eigenvalue weighted by Gasteiger charge is -2.04. The summed E-state index contributed by atoms with van der Waals surface area (Å²) in [7, 11) is 0. The van der Waals surface area contributed by atoms with Gasteiger partial charge < -0.3 is 10.4 Å². The Labute approximate surface area is 138 Å². The van der Waals surface area contributed by atoms with Gasteiger partial charge in [-0.3, -0.25) is 4.79 Å². The molecule has 1 aliphatic rings. The number of hydrogen-bond acceptors (Lipinski definition) is 5. The molecule has 23 heavy (non-hydrogen) atoms. The molecule has 0 spiro atoms. The van der Waals surface area contributed by atoms with Crippen molar-refractivity contribution in [1.29, 1.82) is 0 Å². The number of aromatic hydroxyl groups is 1. The van der Waals surface area contributed by atoms with Gasteiger partial charge in [0.15, 0.2) is 5.17 Å². The predicted octanol–water partition coefficient (Wildman–Crippen LogP) is 2.56. The number of amides is 1. The second kappa shape index (κ2) is 7.11. The smallest absolute Gasteiger partial charge is 0.239 e. The summed E-state index contributed by atoms with van der Waals surface area (Å²) in [5, 5.41) is 20.3. The summed E-state index contributed by atoms with van der Waals surface area (Å²) in [6, 6.07) is 16.5. The zero-order valence-corrected chi connectivity index (χ0v) is 13.0. The first-order valence-electron chi connectivity index (χ1n) is 7.12. The third-order valence-electron chi connectivity index (χ3n) is 3.29. The third-order valence-corrected chi connectivity index (χ3v) is 4.36. The molecule has 1 heterocycles. The first-order chi connectivity index (χ1) is 11.2. The second-order valence-electron chi connectivity index (χ2n) is 5.03. The van der Waals surface area contributed by atoms with Gasteiger partial charge in [-0.05, 0) is 41.8 Å². The maximum Gasteiger partial charge on any atom is 0.239 e. The molecule has 1 atom stereocenters. The van der Waals surface area contributed by atoms with Gasteiger partial charge in [-0.25, -0.2) is 0 Å². The number of phenolic OH excluding ortho intramolecular Hbond substituents is 1. The molecule has 2 N–H and O–H groups in total. The van der Waals surface area contributed by atoms with Gasteiger partial charge in [0.05, 0.1) is 11.5 Å². The van der Waals surface area contributed by atoms with Crippen molar-refractivity contribution in [2.24, 2.45) is 10.2 Å². The third kappa shape index (κ3) is 4.20. The predicted molar refractivity (Wildman–Crippen MR) is 92.8 cm³/mol. The van der Waals surface area contributed by atoms with Crippen LogP contribution in [-0.4, -0.2) is 27.6 Å².